The summed E-state index contributed by atoms with van der Waals surface area (Å²) in [6.07, 6.45) is 1.88. The lowest BCUT2D eigenvalue weighted by Gasteiger charge is -2.12. The minimum Gasteiger partial charge on any atom is -0.493 e. The first kappa shape index (κ1) is 23.2. The van der Waals surface area contributed by atoms with Crippen molar-refractivity contribution in [2.24, 2.45) is 5.14 Å². The highest BCUT2D eigenvalue weighted by Gasteiger charge is 2.15. The number of benzene rings is 2. The Kier molecular flexibility index (Phi) is 8.19. The molecule has 0 atom stereocenters. The highest BCUT2D eigenvalue weighted by molar-refractivity contribution is 7.89. The summed E-state index contributed by atoms with van der Waals surface area (Å²) < 4.78 is 38.6. The molecule has 2 rings (SSSR count). The van der Waals surface area contributed by atoms with Gasteiger partial charge in [-0.05, 0) is 42.8 Å². The van der Waals surface area contributed by atoms with Crippen LogP contribution in [0.25, 0.3) is 0 Å². The third kappa shape index (κ3) is 6.75. The minimum atomic E-state index is -3.90. The lowest BCUT2D eigenvalue weighted by atomic mass is 10.2. The third-order valence-corrected chi connectivity index (χ3v) is 4.85. The van der Waals surface area contributed by atoms with Gasteiger partial charge in [-0.25, -0.2) is 18.4 Å². The molecule has 162 valence electrons. The van der Waals surface area contributed by atoms with E-state index in [0.29, 0.717) is 18.1 Å². The number of unbranched alkanes of at least 4 members (excludes halogenated alkanes) is 1. The SMILES string of the molecule is CCCCOc1ccc(C(=O)OCC(=O)Nc2cccc(S(N)(=O)=O)c2)cc1OC. The normalized spacial score (nSPS) is 10.9. The molecule has 0 radical (unpaired) electrons. The van der Waals surface area contributed by atoms with Gasteiger partial charge in [0.1, 0.15) is 0 Å². The van der Waals surface area contributed by atoms with Gasteiger partial charge in [0.2, 0.25) is 10.0 Å². The van der Waals surface area contributed by atoms with Crippen LogP contribution in [0.3, 0.4) is 0 Å². The Morgan fingerprint density at radius 1 is 1.10 bits per heavy atom. The molecule has 3 N–H and O–H groups in total. The summed E-state index contributed by atoms with van der Waals surface area (Å²) in [4.78, 5) is 24.1. The Labute approximate surface area is 175 Å². The molecule has 9 nitrogen and oxygen atoms in total. The van der Waals surface area contributed by atoms with Gasteiger partial charge in [0.25, 0.3) is 5.91 Å². The molecule has 0 spiro atoms. The fourth-order valence-corrected chi connectivity index (χ4v) is 2.96. The molecule has 0 bridgehead atoms. The number of primary sulfonamides is 1. The molecule has 0 saturated carbocycles. The molecular formula is C20H24N2O7S. The van der Waals surface area contributed by atoms with Gasteiger partial charge >= 0.3 is 5.97 Å². The fraction of sp³-hybridized carbons (Fsp3) is 0.300. The van der Waals surface area contributed by atoms with Crippen LogP contribution in [0.4, 0.5) is 5.69 Å². The van der Waals surface area contributed by atoms with Crippen LogP contribution in [0, 0.1) is 0 Å². The fourth-order valence-electron chi connectivity index (χ4n) is 2.40. The zero-order chi connectivity index (χ0) is 22.1. The molecule has 2 aromatic carbocycles. The van der Waals surface area contributed by atoms with Crippen molar-refractivity contribution in [2.45, 2.75) is 24.7 Å². The topological polar surface area (TPSA) is 134 Å². The van der Waals surface area contributed by atoms with Gasteiger partial charge in [0.05, 0.1) is 24.2 Å². The number of methoxy groups -OCH3 is 1. The van der Waals surface area contributed by atoms with E-state index in [2.05, 4.69) is 5.32 Å². The number of rotatable bonds is 10. The zero-order valence-electron chi connectivity index (χ0n) is 16.7. The monoisotopic (exact) mass is 436 g/mol. The Morgan fingerprint density at radius 2 is 1.87 bits per heavy atom. The maximum absolute atomic E-state index is 12.2. The Hall–Kier alpha value is -3.11. The van der Waals surface area contributed by atoms with Crippen molar-refractivity contribution in [3.63, 3.8) is 0 Å². The van der Waals surface area contributed by atoms with Gasteiger partial charge in [-0.15, -0.1) is 0 Å². The summed E-state index contributed by atoms with van der Waals surface area (Å²) in [6.45, 7) is 2.02. The van der Waals surface area contributed by atoms with E-state index in [4.69, 9.17) is 19.3 Å². The summed E-state index contributed by atoms with van der Waals surface area (Å²) in [5.41, 5.74) is 0.400. The summed E-state index contributed by atoms with van der Waals surface area (Å²) in [7, 11) is -2.44. The second-order valence-corrected chi connectivity index (χ2v) is 7.83. The van der Waals surface area contributed by atoms with Crippen molar-refractivity contribution in [3.8, 4) is 11.5 Å². The molecule has 0 unspecified atom stereocenters. The average Bonchev–Trinajstić information content (AvgIpc) is 2.72. The first-order valence-electron chi connectivity index (χ1n) is 9.15. The van der Waals surface area contributed by atoms with Crippen LogP contribution in [-0.2, 0) is 19.6 Å². The van der Waals surface area contributed by atoms with E-state index in [0.717, 1.165) is 12.8 Å². The first-order valence-corrected chi connectivity index (χ1v) is 10.7. The Balaban J connectivity index is 1.96. The number of anilines is 1. The van der Waals surface area contributed by atoms with Crippen LogP contribution in [0.15, 0.2) is 47.4 Å². The standard InChI is InChI=1S/C20H24N2O7S/c1-3-4-10-28-17-9-8-14(11-18(17)27-2)20(24)29-13-19(23)22-15-6-5-7-16(12-15)30(21,25)26/h5-9,11-12H,3-4,10,13H2,1-2H3,(H,22,23)(H2,21,25,26). The van der Waals surface area contributed by atoms with E-state index in [1.165, 1.54) is 43.5 Å². The lowest BCUT2D eigenvalue weighted by Crippen LogP contribution is -2.21. The van der Waals surface area contributed by atoms with Crippen LogP contribution in [0.1, 0.15) is 30.1 Å². The number of carbonyl (C=O) groups excluding carboxylic acids is 2. The molecule has 0 saturated heterocycles. The number of nitrogens with two attached hydrogens (primary N) is 1. The minimum absolute atomic E-state index is 0.148. The summed E-state index contributed by atoms with van der Waals surface area (Å²) in [5.74, 6) is -0.469. The molecule has 2 aromatic rings. The number of nitrogens with one attached hydrogen (secondary N) is 1. The molecule has 0 heterocycles. The van der Waals surface area contributed by atoms with E-state index in [1.54, 1.807) is 6.07 Å². The second kappa shape index (κ2) is 10.6. The largest absolute Gasteiger partial charge is 0.493 e. The molecule has 0 aliphatic carbocycles. The highest BCUT2D eigenvalue weighted by atomic mass is 32.2. The number of amides is 1. The van der Waals surface area contributed by atoms with Gasteiger partial charge < -0.3 is 19.5 Å². The van der Waals surface area contributed by atoms with E-state index in [1.807, 2.05) is 6.92 Å². The van der Waals surface area contributed by atoms with Crippen molar-refractivity contribution in [2.75, 3.05) is 25.6 Å². The third-order valence-electron chi connectivity index (χ3n) is 3.94. The molecule has 0 aromatic heterocycles. The number of carbonyl (C=O) groups is 2. The smallest absolute Gasteiger partial charge is 0.338 e. The zero-order valence-corrected chi connectivity index (χ0v) is 17.5. The van der Waals surface area contributed by atoms with Crippen LogP contribution in [-0.4, -0.2) is 40.6 Å². The number of sulfonamides is 1. The van der Waals surface area contributed by atoms with E-state index >= 15 is 0 Å². The predicted octanol–water partition coefficient (Wildman–Crippen LogP) is 2.32. The summed E-state index contributed by atoms with van der Waals surface area (Å²) in [5, 5.41) is 7.50. The summed E-state index contributed by atoms with van der Waals surface area (Å²) >= 11 is 0. The maximum Gasteiger partial charge on any atom is 0.338 e. The molecule has 30 heavy (non-hydrogen) atoms. The van der Waals surface area contributed by atoms with Crippen molar-refractivity contribution in [1.82, 2.24) is 0 Å². The van der Waals surface area contributed by atoms with Gasteiger partial charge in [0, 0.05) is 5.69 Å². The Morgan fingerprint density at radius 3 is 2.53 bits per heavy atom. The molecule has 0 aliphatic heterocycles. The average molecular weight is 436 g/mol. The lowest BCUT2D eigenvalue weighted by molar-refractivity contribution is -0.119. The van der Waals surface area contributed by atoms with Crippen molar-refractivity contribution in [3.05, 3.63) is 48.0 Å². The van der Waals surface area contributed by atoms with Gasteiger partial charge in [0.15, 0.2) is 18.1 Å². The number of esters is 1. The van der Waals surface area contributed by atoms with Crippen molar-refractivity contribution in [1.29, 1.82) is 0 Å². The van der Waals surface area contributed by atoms with Crippen molar-refractivity contribution >= 4 is 27.6 Å². The molecule has 0 aliphatic rings. The van der Waals surface area contributed by atoms with Crippen LogP contribution in [0.2, 0.25) is 0 Å². The molecular weight excluding hydrogens is 412 g/mol. The highest BCUT2D eigenvalue weighted by Crippen LogP contribution is 2.28. The quantitative estimate of drug-likeness (QED) is 0.431. The van der Waals surface area contributed by atoms with Gasteiger partial charge in [-0.1, -0.05) is 19.4 Å². The van der Waals surface area contributed by atoms with Crippen LogP contribution in [0.5, 0.6) is 11.5 Å². The molecule has 10 heteroatoms. The van der Waals surface area contributed by atoms with E-state index in [9.17, 15) is 18.0 Å². The summed E-state index contributed by atoms with van der Waals surface area (Å²) in [6, 6.07) is 10.0. The number of hydrogen-bond donors (Lipinski definition) is 2. The molecule has 1 amide bonds. The maximum atomic E-state index is 12.2. The van der Waals surface area contributed by atoms with Crippen LogP contribution >= 0.6 is 0 Å². The van der Waals surface area contributed by atoms with Gasteiger partial charge in [-0.3, -0.25) is 4.79 Å². The van der Waals surface area contributed by atoms with Gasteiger partial charge in [-0.2, -0.15) is 0 Å². The number of hydrogen-bond acceptors (Lipinski definition) is 7. The van der Waals surface area contributed by atoms with Crippen LogP contribution < -0.4 is 19.9 Å². The second-order valence-electron chi connectivity index (χ2n) is 6.26. The van der Waals surface area contributed by atoms with E-state index in [-0.39, 0.29) is 16.1 Å². The first-order chi connectivity index (χ1) is 14.2. The molecule has 0 fully saturated rings. The van der Waals surface area contributed by atoms with Crippen molar-refractivity contribution < 1.29 is 32.2 Å². The Bertz CT molecular complexity index is 1010. The predicted molar refractivity (Wildman–Crippen MR) is 110 cm³/mol. The van der Waals surface area contributed by atoms with E-state index < -0.39 is 28.5 Å². The number of ether oxygens (including phenoxy) is 3.